The highest BCUT2D eigenvalue weighted by Crippen LogP contribution is 2.26. The van der Waals surface area contributed by atoms with Gasteiger partial charge < -0.3 is 14.6 Å². The SMILES string of the molecule is CCCN(Cc1nnc(-c2ccccc2Cl)o1)C(=O)CCNC(=O)c1ccc([N+](=O)[O-])cc1. The summed E-state index contributed by atoms with van der Waals surface area (Å²) in [5, 5.41) is 21.9. The van der Waals surface area contributed by atoms with E-state index in [-0.39, 0.29) is 48.4 Å². The highest BCUT2D eigenvalue weighted by Gasteiger charge is 2.18. The summed E-state index contributed by atoms with van der Waals surface area (Å²) in [6, 6.07) is 12.3. The highest BCUT2D eigenvalue weighted by molar-refractivity contribution is 6.33. The van der Waals surface area contributed by atoms with Crippen molar-refractivity contribution < 1.29 is 18.9 Å². The van der Waals surface area contributed by atoms with Crippen LogP contribution in [0, 0.1) is 10.1 Å². The van der Waals surface area contributed by atoms with Crippen LogP contribution in [0.25, 0.3) is 11.5 Å². The second kappa shape index (κ2) is 11.2. The normalized spacial score (nSPS) is 10.6. The predicted molar refractivity (Wildman–Crippen MR) is 120 cm³/mol. The highest BCUT2D eigenvalue weighted by atomic mass is 35.5. The van der Waals surface area contributed by atoms with E-state index in [1.54, 1.807) is 23.1 Å². The minimum absolute atomic E-state index is 0.0736. The smallest absolute Gasteiger partial charge is 0.269 e. The monoisotopic (exact) mass is 471 g/mol. The fourth-order valence-electron chi connectivity index (χ4n) is 3.06. The fourth-order valence-corrected chi connectivity index (χ4v) is 3.28. The van der Waals surface area contributed by atoms with Gasteiger partial charge in [0.1, 0.15) is 0 Å². The summed E-state index contributed by atoms with van der Waals surface area (Å²) in [4.78, 5) is 36.7. The van der Waals surface area contributed by atoms with E-state index in [1.165, 1.54) is 24.3 Å². The standard InChI is InChI=1S/C22H22ClN5O5/c1-2-13-27(14-19-25-26-22(33-19)17-5-3-4-6-18(17)23)20(29)11-12-24-21(30)15-7-9-16(10-8-15)28(31)32/h3-10H,2,11-14H2,1H3,(H,24,30). The first-order valence-electron chi connectivity index (χ1n) is 10.3. The number of aromatic nitrogens is 2. The molecule has 3 aromatic rings. The van der Waals surface area contributed by atoms with Gasteiger partial charge in [0.15, 0.2) is 0 Å². The van der Waals surface area contributed by atoms with E-state index in [1.807, 2.05) is 13.0 Å². The van der Waals surface area contributed by atoms with Crippen molar-refractivity contribution in [3.05, 3.63) is 75.1 Å². The maximum atomic E-state index is 12.7. The zero-order valence-electron chi connectivity index (χ0n) is 17.9. The Morgan fingerprint density at radius 3 is 2.55 bits per heavy atom. The number of rotatable bonds is 10. The van der Waals surface area contributed by atoms with Crippen LogP contribution in [0.15, 0.2) is 52.9 Å². The third-order valence-electron chi connectivity index (χ3n) is 4.71. The largest absolute Gasteiger partial charge is 0.419 e. The van der Waals surface area contributed by atoms with Crippen LogP contribution >= 0.6 is 11.6 Å². The van der Waals surface area contributed by atoms with Gasteiger partial charge in [0, 0.05) is 37.2 Å². The third-order valence-corrected chi connectivity index (χ3v) is 5.04. The van der Waals surface area contributed by atoms with Crippen molar-refractivity contribution in [2.45, 2.75) is 26.3 Å². The minimum Gasteiger partial charge on any atom is -0.419 e. The van der Waals surface area contributed by atoms with E-state index in [4.69, 9.17) is 16.0 Å². The zero-order valence-corrected chi connectivity index (χ0v) is 18.6. The molecule has 0 saturated carbocycles. The average molecular weight is 472 g/mol. The molecule has 2 aromatic carbocycles. The molecule has 0 spiro atoms. The summed E-state index contributed by atoms with van der Waals surface area (Å²) in [6.07, 6.45) is 0.802. The maximum Gasteiger partial charge on any atom is 0.269 e. The summed E-state index contributed by atoms with van der Waals surface area (Å²) >= 11 is 6.17. The Morgan fingerprint density at radius 1 is 1.15 bits per heavy atom. The summed E-state index contributed by atoms with van der Waals surface area (Å²) in [7, 11) is 0. The topological polar surface area (TPSA) is 131 Å². The summed E-state index contributed by atoms with van der Waals surface area (Å²) in [5.74, 6) is -0.0455. The number of nitro groups is 1. The van der Waals surface area contributed by atoms with Crippen molar-refractivity contribution in [1.29, 1.82) is 0 Å². The second-order valence-corrected chi connectivity index (χ2v) is 7.51. The number of carbonyl (C=O) groups excluding carboxylic acids is 2. The van der Waals surface area contributed by atoms with Gasteiger partial charge in [-0.3, -0.25) is 19.7 Å². The molecule has 0 aliphatic heterocycles. The van der Waals surface area contributed by atoms with Gasteiger partial charge in [0.2, 0.25) is 17.7 Å². The van der Waals surface area contributed by atoms with Gasteiger partial charge in [0.25, 0.3) is 11.6 Å². The molecule has 33 heavy (non-hydrogen) atoms. The van der Waals surface area contributed by atoms with Crippen molar-refractivity contribution in [2.75, 3.05) is 13.1 Å². The van der Waals surface area contributed by atoms with Crippen LogP contribution < -0.4 is 5.32 Å². The second-order valence-electron chi connectivity index (χ2n) is 7.11. The van der Waals surface area contributed by atoms with Crippen LogP contribution in [-0.2, 0) is 11.3 Å². The number of halogens is 1. The van der Waals surface area contributed by atoms with E-state index in [0.29, 0.717) is 17.1 Å². The first-order valence-corrected chi connectivity index (χ1v) is 10.6. The number of carbonyl (C=O) groups is 2. The number of benzene rings is 2. The number of nitrogens with zero attached hydrogens (tertiary/aromatic N) is 4. The molecule has 0 saturated heterocycles. The van der Waals surface area contributed by atoms with E-state index in [2.05, 4.69) is 15.5 Å². The lowest BCUT2D eigenvalue weighted by atomic mass is 10.2. The van der Waals surface area contributed by atoms with Gasteiger partial charge in [-0.15, -0.1) is 10.2 Å². The molecule has 10 nitrogen and oxygen atoms in total. The molecule has 2 amide bonds. The number of amides is 2. The number of nitrogens with one attached hydrogen (secondary N) is 1. The van der Waals surface area contributed by atoms with Crippen LogP contribution in [-0.4, -0.2) is 44.9 Å². The number of nitro benzene ring substituents is 1. The molecule has 0 aliphatic rings. The summed E-state index contributed by atoms with van der Waals surface area (Å²) in [6.45, 7) is 2.68. The van der Waals surface area contributed by atoms with Crippen molar-refractivity contribution in [3.8, 4) is 11.5 Å². The van der Waals surface area contributed by atoms with Crippen molar-refractivity contribution in [2.24, 2.45) is 0 Å². The molecule has 11 heteroatoms. The van der Waals surface area contributed by atoms with Crippen molar-refractivity contribution >= 4 is 29.1 Å². The lowest BCUT2D eigenvalue weighted by molar-refractivity contribution is -0.384. The van der Waals surface area contributed by atoms with Crippen LogP contribution in [0.3, 0.4) is 0 Å². The molecule has 1 aromatic heterocycles. The minimum atomic E-state index is -0.538. The van der Waals surface area contributed by atoms with Crippen LogP contribution in [0.2, 0.25) is 5.02 Å². The van der Waals surface area contributed by atoms with Crippen molar-refractivity contribution in [3.63, 3.8) is 0 Å². The molecule has 3 rings (SSSR count). The zero-order chi connectivity index (χ0) is 23.8. The molecule has 1 N–H and O–H groups in total. The molecule has 0 atom stereocenters. The van der Waals surface area contributed by atoms with Gasteiger partial charge >= 0.3 is 0 Å². The molecule has 0 fully saturated rings. The fraction of sp³-hybridized carbons (Fsp3) is 0.273. The number of hydrogen-bond donors (Lipinski definition) is 1. The van der Waals surface area contributed by atoms with Gasteiger partial charge in [0.05, 0.1) is 22.1 Å². The Kier molecular flexibility index (Phi) is 8.09. The van der Waals surface area contributed by atoms with Gasteiger partial charge in [-0.25, -0.2) is 0 Å². The van der Waals surface area contributed by atoms with E-state index in [0.717, 1.165) is 6.42 Å². The first-order chi connectivity index (χ1) is 15.9. The molecule has 0 radical (unpaired) electrons. The average Bonchev–Trinajstić information content (AvgIpc) is 3.27. The molecular formula is C22H22ClN5O5. The first kappa shape index (κ1) is 23.9. The molecular weight excluding hydrogens is 450 g/mol. The van der Waals surface area contributed by atoms with Crippen molar-refractivity contribution in [1.82, 2.24) is 20.4 Å². The van der Waals surface area contributed by atoms with Gasteiger partial charge in [-0.2, -0.15) is 0 Å². The molecule has 172 valence electrons. The van der Waals surface area contributed by atoms with Crippen LogP contribution in [0.1, 0.15) is 36.0 Å². The van der Waals surface area contributed by atoms with E-state index < -0.39 is 10.8 Å². The molecule has 1 heterocycles. The maximum absolute atomic E-state index is 12.7. The Balaban J connectivity index is 1.55. The Labute approximate surface area is 194 Å². The third kappa shape index (κ3) is 6.36. The van der Waals surface area contributed by atoms with Crippen LogP contribution in [0.5, 0.6) is 0 Å². The van der Waals surface area contributed by atoms with Gasteiger partial charge in [-0.05, 0) is 30.7 Å². The lowest BCUT2D eigenvalue weighted by Crippen LogP contribution is -2.34. The number of hydrogen-bond acceptors (Lipinski definition) is 7. The van der Waals surface area contributed by atoms with Gasteiger partial charge in [-0.1, -0.05) is 30.7 Å². The van der Waals surface area contributed by atoms with Crippen LogP contribution in [0.4, 0.5) is 5.69 Å². The summed E-state index contributed by atoms with van der Waals surface area (Å²) < 4.78 is 5.69. The predicted octanol–water partition coefficient (Wildman–Crippen LogP) is 3.86. The molecule has 0 unspecified atom stereocenters. The Bertz CT molecular complexity index is 1130. The quantitative estimate of drug-likeness (QED) is 0.350. The lowest BCUT2D eigenvalue weighted by Gasteiger charge is -2.20. The Hall–Kier alpha value is -3.79. The van der Waals surface area contributed by atoms with E-state index in [9.17, 15) is 19.7 Å². The number of non-ortho nitro benzene ring substituents is 1. The van der Waals surface area contributed by atoms with E-state index >= 15 is 0 Å². The summed E-state index contributed by atoms with van der Waals surface area (Å²) in [5.41, 5.74) is 0.785. The Morgan fingerprint density at radius 2 is 1.88 bits per heavy atom. The molecule has 0 aliphatic carbocycles. The molecule has 0 bridgehead atoms.